The lowest BCUT2D eigenvalue weighted by Crippen LogP contribution is -2.37. The number of thiazole rings is 1. The molecule has 0 saturated carbocycles. The number of guanidine groups is 1. The fraction of sp³-hybridized carbons (Fsp3) is 0.350. The van der Waals surface area contributed by atoms with Crippen molar-refractivity contribution >= 4 is 17.3 Å². The van der Waals surface area contributed by atoms with Gasteiger partial charge in [0.25, 0.3) is 0 Å². The number of benzene rings is 1. The number of ether oxygens (including phenoxy) is 1. The monoisotopic (exact) mass is 398 g/mol. The molecule has 0 amide bonds. The molecule has 0 aliphatic rings. The molecule has 2 N–H and O–H groups in total. The van der Waals surface area contributed by atoms with Gasteiger partial charge in [-0.3, -0.25) is 4.99 Å². The van der Waals surface area contributed by atoms with Gasteiger partial charge in [0.05, 0.1) is 35.7 Å². The van der Waals surface area contributed by atoms with Gasteiger partial charge in [-0.25, -0.2) is 9.67 Å². The number of aliphatic imine (C=N–C) groups is 1. The molecule has 0 fully saturated rings. The zero-order chi connectivity index (χ0) is 19.9. The summed E-state index contributed by atoms with van der Waals surface area (Å²) in [6, 6.07) is 9.79. The molecular formula is C20H26N6OS. The molecule has 0 radical (unpaired) electrons. The molecule has 0 bridgehead atoms. The number of rotatable bonds is 7. The van der Waals surface area contributed by atoms with Crippen molar-refractivity contribution in [1.82, 2.24) is 25.4 Å². The van der Waals surface area contributed by atoms with Gasteiger partial charge in [0, 0.05) is 31.1 Å². The quantitative estimate of drug-likeness (QED) is 0.473. The molecule has 148 valence electrons. The van der Waals surface area contributed by atoms with Crippen molar-refractivity contribution in [3.63, 3.8) is 0 Å². The van der Waals surface area contributed by atoms with E-state index in [9.17, 15) is 0 Å². The lowest BCUT2D eigenvalue weighted by atomic mass is 10.3. The predicted octanol–water partition coefficient (Wildman–Crippen LogP) is 2.86. The van der Waals surface area contributed by atoms with Crippen molar-refractivity contribution in [2.24, 2.45) is 4.99 Å². The molecule has 3 rings (SSSR count). The van der Waals surface area contributed by atoms with Crippen LogP contribution in [-0.2, 0) is 13.0 Å². The van der Waals surface area contributed by atoms with E-state index in [-0.39, 0.29) is 0 Å². The first kappa shape index (κ1) is 19.9. The minimum Gasteiger partial charge on any atom is -0.497 e. The topological polar surface area (TPSA) is 76.4 Å². The van der Waals surface area contributed by atoms with Crippen LogP contribution in [0.2, 0.25) is 0 Å². The smallest absolute Gasteiger partial charge is 0.191 e. The van der Waals surface area contributed by atoms with Crippen molar-refractivity contribution in [3.05, 3.63) is 57.8 Å². The Hall–Kier alpha value is -2.87. The maximum absolute atomic E-state index is 5.19. The molecule has 0 unspecified atom stereocenters. The second-order valence-corrected chi connectivity index (χ2v) is 7.59. The molecule has 2 aromatic heterocycles. The number of methoxy groups -OCH3 is 1. The first-order chi connectivity index (χ1) is 13.6. The van der Waals surface area contributed by atoms with Crippen molar-refractivity contribution in [3.8, 4) is 11.4 Å². The molecule has 0 spiro atoms. The number of nitrogens with one attached hydrogen (secondary N) is 2. The van der Waals surface area contributed by atoms with Crippen LogP contribution in [0.25, 0.3) is 5.69 Å². The van der Waals surface area contributed by atoms with Crippen molar-refractivity contribution in [2.75, 3.05) is 20.7 Å². The van der Waals surface area contributed by atoms with Gasteiger partial charge in [-0.1, -0.05) is 0 Å². The zero-order valence-electron chi connectivity index (χ0n) is 16.7. The predicted molar refractivity (Wildman–Crippen MR) is 114 cm³/mol. The Morgan fingerprint density at radius 2 is 1.96 bits per heavy atom. The molecular weight excluding hydrogens is 372 g/mol. The molecule has 0 aliphatic heterocycles. The Labute approximate surface area is 169 Å². The lowest BCUT2D eigenvalue weighted by Gasteiger charge is -2.10. The summed E-state index contributed by atoms with van der Waals surface area (Å²) in [6.07, 6.45) is 2.83. The van der Waals surface area contributed by atoms with E-state index in [4.69, 9.17) is 4.74 Å². The van der Waals surface area contributed by atoms with Crippen LogP contribution < -0.4 is 15.4 Å². The molecule has 8 heteroatoms. The van der Waals surface area contributed by atoms with Crippen molar-refractivity contribution in [1.29, 1.82) is 0 Å². The zero-order valence-corrected chi connectivity index (χ0v) is 17.5. The van der Waals surface area contributed by atoms with Crippen LogP contribution in [0.5, 0.6) is 5.75 Å². The van der Waals surface area contributed by atoms with Crippen molar-refractivity contribution in [2.45, 2.75) is 26.8 Å². The fourth-order valence-electron chi connectivity index (χ4n) is 2.66. The molecule has 1 aromatic carbocycles. The van der Waals surface area contributed by atoms with Crippen LogP contribution in [0, 0.1) is 13.8 Å². The Morgan fingerprint density at radius 1 is 1.18 bits per heavy atom. The van der Waals surface area contributed by atoms with Crippen LogP contribution in [-0.4, -0.2) is 41.4 Å². The van der Waals surface area contributed by atoms with Gasteiger partial charge in [0.15, 0.2) is 5.96 Å². The average molecular weight is 399 g/mol. The van der Waals surface area contributed by atoms with Gasteiger partial charge in [-0.2, -0.15) is 5.10 Å². The Bertz CT molecular complexity index is 909. The first-order valence-corrected chi connectivity index (χ1v) is 9.97. The van der Waals surface area contributed by atoms with Gasteiger partial charge < -0.3 is 15.4 Å². The maximum Gasteiger partial charge on any atom is 0.191 e. The van der Waals surface area contributed by atoms with Gasteiger partial charge in [-0.05, 0) is 44.2 Å². The Balaban J connectivity index is 1.49. The van der Waals surface area contributed by atoms with E-state index >= 15 is 0 Å². The van der Waals surface area contributed by atoms with Crippen LogP contribution >= 0.6 is 11.3 Å². The fourth-order valence-corrected chi connectivity index (χ4v) is 3.60. The van der Waals surface area contributed by atoms with Crippen LogP contribution in [0.1, 0.15) is 21.3 Å². The average Bonchev–Trinajstić information content (AvgIpc) is 3.31. The third-order valence-corrected chi connectivity index (χ3v) is 5.48. The van der Waals surface area contributed by atoms with Crippen LogP contribution in [0.15, 0.2) is 41.5 Å². The van der Waals surface area contributed by atoms with E-state index in [0.29, 0.717) is 6.54 Å². The van der Waals surface area contributed by atoms with E-state index in [1.54, 1.807) is 25.5 Å². The summed E-state index contributed by atoms with van der Waals surface area (Å²) in [7, 11) is 3.43. The number of nitrogens with zero attached hydrogens (tertiary/aromatic N) is 4. The molecule has 0 aliphatic carbocycles. The largest absolute Gasteiger partial charge is 0.497 e. The molecule has 0 saturated heterocycles. The Morgan fingerprint density at radius 3 is 2.61 bits per heavy atom. The summed E-state index contributed by atoms with van der Waals surface area (Å²) in [4.78, 5) is 10.1. The van der Waals surface area contributed by atoms with Crippen molar-refractivity contribution < 1.29 is 4.74 Å². The second-order valence-electron chi connectivity index (χ2n) is 6.30. The minimum absolute atomic E-state index is 0.596. The van der Waals surface area contributed by atoms with Crippen LogP contribution in [0.3, 0.4) is 0 Å². The number of hydrogen-bond donors (Lipinski definition) is 2. The summed E-state index contributed by atoms with van der Waals surface area (Å²) in [5.41, 5.74) is 3.04. The summed E-state index contributed by atoms with van der Waals surface area (Å²) in [5.74, 6) is 1.58. The normalized spacial score (nSPS) is 11.5. The lowest BCUT2D eigenvalue weighted by molar-refractivity contribution is 0.414. The second kappa shape index (κ2) is 9.36. The number of aryl methyl sites for hydroxylation is 2. The maximum atomic E-state index is 5.19. The van der Waals surface area contributed by atoms with Gasteiger partial charge >= 0.3 is 0 Å². The highest BCUT2D eigenvalue weighted by atomic mass is 32.1. The Kier molecular flexibility index (Phi) is 6.65. The standard InChI is InChI=1S/C20H26N6OS/c1-14-15(2)28-19(24-14)9-11-22-20(21-3)23-13-16-10-12-26(25-16)17-5-7-18(27-4)8-6-17/h5-8,10,12H,9,11,13H2,1-4H3,(H2,21,22,23). The van der Waals surface area contributed by atoms with Gasteiger partial charge in [0.2, 0.25) is 0 Å². The summed E-state index contributed by atoms with van der Waals surface area (Å²) in [6.45, 7) is 5.54. The molecule has 2 heterocycles. The van der Waals surface area contributed by atoms with Gasteiger partial charge in [0.1, 0.15) is 5.75 Å². The van der Waals surface area contributed by atoms with E-state index in [1.807, 2.05) is 48.1 Å². The van der Waals surface area contributed by atoms with E-state index in [0.717, 1.165) is 46.8 Å². The van der Waals surface area contributed by atoms with E-state index < -0.39 is 0 Å². The SMILES string of the molecule is CN=C(NCCc1nc(C)c(C)s1)NCc1ccn(-c2ccc(OC)cc2)n1. The molecule has 3 aromatic rings. The van der Waals surface area contributed by atoms with Gasteiger partial charge in [-0.15, -0.1) is 11.3 Å². The first-order valence-electron chi connectivity index (χ1n) is 9.15. The molecule has 7 nitrogen and oxygen atoms in total. The minimum atomic E-state index is 0.596. The highest BCUT2D eigenvalue weighted by Gasteiger charge is 2.06. The highest BCUT2D eigenvalue weighted by molar-refractivity contribution is 7.11. The van der Waals surface area contributed by atoms with E-state index in [2.05, 4.69) is 32.6 Å². The highest BCUT2D eigenvalue weighted by Crippen LogP contribution is 2.16. The summed E-state index contributed by atoms with van der Waals surface area (Å²) < 4.78 is 7.04. The number of aromatic nitrogens is 3. The molecule has 0 atom stereocenters. The summed E-state index contributed by atoms with van der Waals surface area (Å²) in [5, 5.41) is 12.4. The third kappa shape index (κ3) is 5.10. The number of hydrogen-bond acceptors (Lipinski definition) is 5. The molecule has 28 heavy (non-hydrogen) atoms. The summed E-state index contributed by atoms with van der Waals surface area (Å²) >= 11 is 1.75. The third-order valence-electron chi connectivity index (χ3n) is 4.35. The van der Waals surface area contributed by atoms with Crippen LogP contribution in [0.4, 0.5) is 0 Å². The van der Waals surface area contributed by atoms with E-state index in [1.165, 1.54) is 4.88 Å².